The maximum Gasteiger partial charge on any atom is 0.407 e. The zero-order valence-electron chi connectivity index (χ0n) is 70.0. The number of furan rings is 1. The number of piperidine rings is 2. The van der Waals surface area contributed by atoms with Gasteiger partial charge in [0.25, 0.3) is 0 Å². The van der Waals surface area contributed by atoms with Gasteiger partial charge in [-0.1, -0.05) is 124 Å². The predicted molar refractivity (Wildman–Crippen MR) is 446 cm³/mol. The third-order valence-electron chi connectivity index (χ3n) is 27.0. The molecule has 0 spiro atoms. The number of hydrogen-bond acceptors (Lipinski definition) is 17. The van der Waals surface area contributed by atoms with Crippen LogP contribution in [0.1, 0.15) is 206 Å². The van der Waals surface area contributed by atoms with Gasteiger partial charge in [-0.05, 0) is 195 Å². The molecule has 5 aromatic heterocycles. The number of nitrogens with zero attached hydrogens (tertiary/aromatic N) is 8. The average Bonchev–Trinajstić information content (AvgIpc) is 1.56. The molecular formula is C90H112N16O13. The van der Waals surface area contributed by atoms with Gasteiger partial charge >= 0.3 is 24.4 Å². The molecule has 4 aliphatic heterocycles. The first-order valence-electron chi connectivity index (χ1n) is 42.8. The number of benzene rings is 4. The molecule has 9 heterocycles. The first-order valence-corrected chi connectivity index (χ1v) is 42.8. The number of ether oxygens (including phenoxy) is 4. The monoisotopic (exact) mass is 1620 g/mol. The minimum atomic E-state index is -0.713. The maximum absolute atomic E-state index is 14.3. The van der Waals surface area contributed by atoms with Crippen molar-refractivity contribution in [3.63, 3.8) is 0 Å². The van der Waals surface area contributed by atoms with E-state index in [0.29, 0.717) is 35.3 Å². The second-order valence-corrected chi connectivity index (χ2v) is 35.5. The Morgan fingerprint density at radius 2 is 0.773 bits per heavy atom. The van der Waals surface area contributed by atoms with Crippen molar-refractivity contribution in [3.05, 3.63) is 121 Å². The van der Waals surface area contributed by atoms with Crippen LogP contribution in [-0.4, -0.2) is 184 Å². The zero-order chi connectivity index (χ0) is 83.5. The Kier molecular flexibility index (Phi) is 23.2. The number of carbonyl (C=O) groups is 8. The second kappa shape index (κ2) is 33.9. The highest BCUT2D eigenvalue weighted by Gasteiger charge is 2.55. The van der Waals surface area contributed by atoms with Crippen LogP contribution in [0.25, 0.3) is 78.0 Å². The van der Waals surface area contributed by atoms with Gasteiger partial charge < -0.3 is 84.2 Å². The molecule has 9 aromatic rings. The molecule has 119 heavy (non-hydrogen) atoms. The number of likely N-dealkylation sites (tertiary alicyclic amines) is 4. The molecule has 0 radical (unpaired) electrons. The summed E-state index contributed by atoms with van der Waals surface area (Å²) < 4.78 is 25.8. The van der Waals surface area contributed by atoms with E-state index in [0.717, 1.165) is 192 Å². The molecule has 16 atom stereocenters. The second-order valence-electron chi connectivity index (χ2n) is 35.5. The van der Waals surface area contributed by atoms with Crippen LogP contribution in [0.2, 0.25) is 0 Å². The van der Waals surface area contributed by atoms with Crippen molar-refractivity contribution in [2.45, 2.75) is 231 Å². The van der Waals surface area contributed by atoms with E-state index in [1.807, 2.05) is 112 Å². The fourth-order valence-corrected chi connectivity index (χ4v) is 21.0. The molecule has 17 rings (SSSR count). The van der Waals surface area contributed by atoms with Crippen LogP contribution in [0, 0.1) is 47.3 Å². The summed E-state index contributed by atoms with van der Waals surface area (Å²) in [6.07, 6.45) is 17.1. The number of rotatable bonds is 20. The minimum Gasteiger partial charge on any atom is -0.454 e. The molecule has 8 fully saturated rings. The number of H-pyrrole nitrogens is 4. The van der Waals surface area contributed by atoms with E-state index in [1.54, 1.807) is 6.20 Å². The van der Waals surface area contributed by atoms with Gasteiger partial charge in [-0.3, -0.25) is 19.2 Å². The number of aromatic nitrogens is 8. The minimum absolute atomic E-state index is 0.0857. The predicted octanol–water partition coefficient (Wildman–Crippen LogP) is 15.3. The van der Waals surface area contributed by atoms with E-state index in [4.69, 9.17) is 43.3 Å². The number of imidazole rings is 4. The number of nitrogens with one attached hydrogen (secondary N) is 8. The summed E-state index contributed by atoms with van der Waals surface area (Å²) >= 11 is 0. The molecule has 29 nitrogen and oxygen atoms in total. The molecule has 4 aromatic carbocycles. The Bertz CT molecular complexity index is 5270. The van der Waals surface area contributed by atoms with Crippen LogP contribution < -0.4 is 21.3 Å². The Morgan fingerprint density at radius 3 is 1.21 bits per heavy atom. The molecule has 4 bridgehead atoms. The third-order valence-corrected chi connectivity index (χ3v) is 27.0. The molecule has 4 saturated heterocycles. The van der Waals surface area contributed by atoms with Gasteiger partial charge in [-0.2, -0.15) is 0 Å². The standard InChI is InChI=1S/C46H56N8O7.C44H56N8O6/c1-23(2)38(51-45(57)59-5)43(55)53-30-14-11-28(18-30)40(53)42-48-31-15-12-26(19-32(31)49-42)25-13-16-36-29(17-25)21-37(61-36)33-22-47-41(50-33)35-20-27-9-7-8-10-34(27)54(35)44(56)39(24(3)4)52-46(58)60-6;1-23(2)36(49-43(55)57-5)41(53)51-30-17-15-29(19-30)38(51)40-46-31-18-16-27(20-32(31)47-40)25-11-13-26(14-12-25)33-22-45-39(48-33)35-21-28-9-7-8-10-34(28)52(35)42(54)37(24(3)4)50-44(56)58-6/h12-13,15-17,19,21-24,27-28,30,34-35,38-40H,7-11,14,18,20H2,1-6H3,(H,47,50)(H,48,49)(H,51,57)(H,52,58);11-14,16,18,20,22-24,28-30,34-38H,7-10,15,17,19,21H2,1-6H3,(H,45,48)(H,46,47)(H,49,55)(H,50,56)/t27?,28?,30?,34?,35-,38-,39-,40-;28?,29?,30?,34?,35-,36-,37-,38-/m00/s1. The summed E-state index contributed by atoms with van der Waals surface area (Å²) in [7, 11) is 5.24. The lowest BCUT2D eigenvalue weighted by molar-refractivity contribution is -0.140. The molecular weight excluding hydrogens is 1510 g/mol. The zero-order valence-corrected chi connectivity index (χ0v) is 70.0. The highest BCUT2D eigenvalue weighted by atomic mass is 16.6. The molecule has 630 valence electrons. The number of aromatic amines is 4. The summed E-state index contributed by atoms with van der Waals surface area (Å²) in [6, 6.07) is 25.6. The van der Waals surface area contributed by atoms with Crippen molar-refractivity contribution in [3.8, 4) is 45.0 Å². The largest absolute Gasteiger partial charge is 0.454 e. The topological polar surface area (TPSA) is 362 Å². The molecule has 4 saturated carbocycles. The quantitative estimate of drug-likeness (QED) is 0.0329. The SMILES string of the molecule is COC(=O)N[C@H](C(=O)N1C2CCC(C2)[C@H]1c1nc2ccc(-c3ccc(-c4cnc([C@@H]5CC6CCCCC6N5C(=O)[C@@H](NC(=O)OC)C(C)C)[nH]4)cc3)cc2[nH]1)C(C)C.COC(=O)N[C@H](C(=O)N1C2CCC(C2)[C@H]1c1nc2ccc(-c3ccc4oc(-c5cnc([C@@H]6CC7CCCCC7N6C(=O)[C@@H](NC(=O)OC)C(C)C)[nH]5)cc4c3)cc2[nH]1)C(C)C. The van der Waals surface area contributed by atoms with Crippen LogP contribution in [-0.2, 0) is 38.1 Å². The number of alkyl carbamates (subject to hydrolysis) is 4. The lowest BCUT2D eigenvalue weighted by atomic mass is 9.84. The third kappa shape index (κ3) is 15.9. The van der Waals surface area contributed by atoms with Crippen molar-refractivity contribution < 1.29 is 61.7 Å². The first kappa shape index (κ1) is 81.5. The van der Waals surface area contributed by atoms with Gasteiger partial charge in [-0.25, -0.2) is 39.1 Å². The van der Waals surface area contributed by atoms with E-state index >= 15 is 0 Å². The Morgan fingerprint density at radius 1 is 0.395 bits per heavy atom. The summed E-state index contributed by atoms with van der Waals surface area (Å²) in [5.41, 5.74) is 10.9. The lowest BCUT2D eigenvalue weighted by Gasteiger charge is -2.37. The molecule has 29 heteroatoms. The number of carbonyl (C=O) groups excluding carboxylic acids is 8. The van der Waals surface area contributed by atoms with Crippen molar-refractivity contribution in [2.24, 2.45) is 47.3 Å². The van der Waals surface area contributed by atoms with Gasteiger partial charge in [-0.15, -0.1) is 0 Å². The highest BCUT2D eigenvalue weighted by molar-refractivity contribution is 5.92. The fourth-order valence-electron chi connectivity index (χ4n) is 21.0. The van der Waals surface area contributed by atoms with E-state index in [9.17, 15) is 38.4 Å². The van der Waals surface area contributed by atoms with Crippen molar-refractivity contribution in [2.75, 3.05) is 28.4 Å². The van der Waals surface area contributed by atoms with Crippen molar-refractivity contribution >= 4 is 81.0 Å². The maximum atomic E-state index is 14.3. The van der Waals surface area contributed by atoms with Crippen molar-refractivity contribution in [1.29, 1.82) is 0 Å². The normalized spacial score (nSPS) is 24.6. The number of methoxy groups -OCH3 is 4. The van der Waals surface area contributed by atoms with E-state index in [-0.39, 0.29) is 95.6 Å². The number of fused-ring (bicyclic) bond motifs is 9. The smallest absolute Gasteiger partial charge is 0.407 e. The van der Waals surface area contributed by atoms with Gasteiger partial charge in [0, 0.05) is 29.6 Å². The molecule has 8 N–H and O–H groups in total. The van der Waals surface area contributed by atoms with Gasteiger partial charge in [0.2, 0.25) is 23.6 Å². The molecule has 4 aliphatic carbocycles. The lowest BCUT2D eigenvalue weighted by Crippen LogP contribution is -2.54. The Balaban J connectivity index is 0.000000178. The van der Waals surface area contributed by atoms with Crippen LogP contribution in [0.15, 0.2) is 102 Å². The summed E-state index contributed by atoms with van der Waals surface area (Å²) in [5, 5.41) is 12.0. The van der Waals surface area contributed by atoms with E-state index < -0.39 is 48.5 Å². The summed E-state index contributed by atoms with van der Waals surface area (Å²) in [5.74, 6) is 4.18. The molecule has 8 amide bonds. The van der Waals surface area contributed by atoms with E-state index in [2.05, 4.69) is 95.8 Å². The molecule has 8 unspecified atom stereocenters. The van der Waals surface area contributed by atoms with Gasteiger partial charge in [0.1, 0.15) is 58.7 Å². The van der Waals surface area contributed by atoms with Crippen LogP contribution in [0.4, 0.5) is 19.2 Å². The van der Waals surface area contributed by atoms with Crippen molar-refractivity contribution in [1.82, 2.24) is 80.7 Å². The molecule has 8 aliphatic rings. The number of amides is 8. The Labute approximate surface area is 692 Å². The van der Waals surface area contributed by atoms with Crippen LogP contribution in [0.5, 0.6) is 0 Å². The van der Waals surface area contributed by atoms with Crippen LogP contribution in [0.3, 0.4) is 0 Å². The van der Waals surface area contributed by atoms with E-state index in [1.165, 1.54) is 28.4 Å². The van der Waals surface area contributed by atoms with Crippen LogP contribution >= 0.6 is 0 Å². The fraction of sp³-hybridized carbons (Fsp3) is 0.533. The first-order chi connectivity index (χ1) is 57.4. The highest BCUT2D eigenvalue weighted by Crippen LogP contribution is 2.54. The summed E-state index contributed by atoms with van der Waals surface area (Å²) in [6.45, 7) is 15.5. The van der Waals surface area contributed by atoms with Gasteiger partial charge in [0.15, 0.2) is 5.76 Å². The average molecular weight is 1630 g/mol. The Hall–Kier alpha value is -11.3. The van der Waals surface area contributed by atoms with Gasteiger partial charge in [0.05, 0.1) is 92.8 Å². The summed E-state index contributed by atoms with van der Waals surface area (Å²) in [4.78, 5) is 147. The number of hydrogen-bond donors (Lipinski definition) is 8.